The predicted molar refractivity (Wildman–Crippen MR) is 85.3 cm³/mol. The van der Waals surface area contributed by atoms with Crippen LogP contribution in [0.1, 0.15) is 0 Å². The van der Waals surface area contributed by atoms with Crippen LogP contribution < -0.4 is 5.32 Å². The molecule has 0 spiro atoms. The Labute approximate surface area is 133 Å². The normalized spacial score (nSPS) is 10.8. The first-order valence-electron chi connectivity index (χ1n) is 6.35. The molecule has 0 aliphatic heterocycles. The van der Waals surface area contributed by atoms with Crippen LogP contribution in [0.3, 0.4) is 0 Å². The maximum Gasteiger partial charge on any atom is 0.234 e. The minimum Gasteiger partial charge on any atom is -0.323 e. The first-order valence-corrected chi connectivity index (χ1v) is 8.15. The van der Waals surface area contributed by atoms with Gasteiger partial charge < -0.3 is 5.32 Å². The van der Waals surface area contributed by atoms with E-state index >= 15 is 0 Å². The van der Waals surface area contributed by atoms with Crippen LogP contribution in [0.4, 0.5) is 14.5 Å². The lowest BCUT2D eigenvalue weighted by Gasteiger charge is -2.05. The van der Waals surface area contributed by atoms with Crippen LogP contribution in [0, 0.1) is 11.6 Å². The molecule has 1 N–H and O–H groups in total. The van der Waals surface area contributed by atoms with Crippen molar-refractivity contribution in [3.63, 3.8) is 0 Å². The quantitative estimate of drug-likeness (QED) is 0.722. The third kappa shape index (κ3) is 3.42. The van der Waals surface area contributed by atoms with E-state index in [-0.39, 0.29) is 17.3 Å². The van der Waals surface area contributed by atoms with E-state index in [1.54, 1.807) is 0 Å². The smallest absolute Gasteiger partial charge is 0.234 e. The third-order valence-electron chi connectivity index (χ3n) is 2.81. The highest BCUT2D eigenvalue weighted by molar-refractivity contribution is 8.01. The van der Waals surface area contributed by atoms with E-state index in [4.69, 9.17) is 0 Å². The first kappa shape index (κ1) is 14.9. The Hall–Kier alpha value is -1.99. The predicted octanol–water partition coefficient (Wildman–Crippen LogP) is 4.31. The number of halogens is 2. The Bertz CT molecular complexity index is 802. The molecule has 1 amide bonds. The topological polar surface area (TPSA) is 42.0 Å². The van der Waals surface area contributed by atoms with Gasteiger partial charge in [-0.1, -0.05) is 23.9 Å². The largest absolute Gasteiger partial charge is 0.323 e. The lowest BCUT2D eigenvalue weighted by Crippen LogP contribution is -2.15. The number of fused-ring (bicyclic) bond motifs is 1. The molecule has 0 atom stereocenters. The summed E-state index contributed by atoms with van der Waals surface area (Å²) in [5.41, 5.74) is 0.858. The SMILES string of the molecule is O=C(CSc1nc2ccccc2s1)Nc1ccc(F)cc1F. The number of carbonyl (C=O) groups excluding carboxylic acids is 1. The molecule has 2 aromatic carbocycles. The van der Waals surface area contributed by atoms with E-state index < -0.39 is 11.6 Å². The number of nitrogens with one attached hydrogen (secondary N) is 1. The number of para-hydroxylation sites is 1. The monoisotopic (exact) mass is 336 g/mol. The maximum atomic E-state index is 13.4. The molecule has 3 aromatic rings. The van der Waals surface area contributed by atoms with Crippen molar-refractivity contribution in [3.05, 3.63) is 54.1 Å². The number of hydrogen-bond acceptors (Lipinski definition) is 4. The van der Waals surface area contributed by atoms with Crippen LogP contribution in [0.15, 0.2) is 46.8 Å². The fraction of sp³-hybridized carbons (Fsp3) is 0.0667. The summed E-state index contributed by atoms with van der Waals surface area (Å²) >= 11 is 2.78. The fourth-order valence-electron chi connectivity index (χ4n) is 1.82. The molecule has 0 aliphatic rings. The van der Waals surface area contributed by atoms with Gasteiger partial charge in [-0.15, -0.1) is 11.3 Å². The summed E-state index contributed by atoms with van der Waals surface area (Å²) in [5.74, 6) is -1.73. The van der Waals surface area contributed by atoms with E-state index in [2.05, 4.69) is 10.3 Å². The van der Waals surface area contributed by atoms with Gasteiger partial charge >= 0.3 is 0 Å². The summed E-state index contributed by atoms with van der Waals surface area (Å²) in [6.45, 7) is 0. The molecule has 0 unspecified atom stereocenters. The number of hydrogen-bond donors (Lipinski definition) is 1. The maximum absolute atomic E-state index is 13.4. The van der Waals surface area contributed by atoms with Gasteiger partial charge in [0.2, 0.25) is 5.91 Å². The van der Waals surface area contributed by atoms with Gasteiger partial charge in [-0.25, -0.2) is 13.8 Å². The average molecular weight is 336 g/mol. The van der Waals surface area contributed by atoms with Gasteiger partial charge in [-0.3, -0.25) is 4.79 Å². The Kier molecular flexibility index (Phi) is 4.35. The highest BCUT2D eigenvalue weighted by Gasteiger charge is 2.10. The molecule has 0 fully saturated rings. The molecule has 22 heavy (non-hydrogen) atoms. The van der Waals surface area contributed by atoms with E-state index in [9.17, 15) is 13.6 Å². The van der Waals surface area contributed by atoms with Crippen molar-refractivity contribution in [2.24, 2.45) is 0 Å². The molecule has 0 saturated carbocycles. The molecule has 3 nitrogen and oxygen atoms in total. The van der Waals surface area contributed by atoms with Crippen molar-refractivity contribution in [1.29, 1.82) is 0 Å². The van der Waals surface area contributed by atoms with Gasteiger partial charge in [0.05, 0.1) is 21.7 Å². The zero-order valence-corrected chi connectivity index (χ0v) is 12.8. The molecule has 0 aliphatic carbocycles. The summed E-state index contributed by atoms with van der Waals surface area (Å²) in [4.78, 5) is 16.2. The highest BCUT2D eigenvalue weighted by atomic mass is 32.2. The zero-order valence-electron chi connectivity index (χ0n) is 11.2. The fourth-order valence-corrected chi connectivity index (χ4v) is 3.69. The Morgan fingerprint density at radius 2 is 2.05 bits per heavy atom. The van der Waals surface area contributed by atoms with E-state index in [0.29, 0.717) is 0 Å². The number of thiazole rings is 1. The van der Waals surface area contributed by atoms with Gasteiger partial charge in [0, 0.05) is 6.07 Å². The van der Waals surface area contributed by atoms with Gasteiger partial charge in [0.15, 0.2) is 4.34 Å². The molecule has 112 valence electrons. The van der Waals surface area contributed by atoms with Crippen LogP contribution in [0.5, 0.6) is 0 Å². The van der Waals surface area contributed by atoms with E-state index in [1.807, 2.05) is 24.3 Å². The molecule has 3 rings (SSSR count). The second-order valence-corrected chi connectivity index (χ2v) is 6.66. The number of carbonyl (C=O) groups is 1. The lowest BCUT2D eigenvalue weighted by molar-refractivity contribution is -0.113. The molecule has 0 bridgehead atoms. The number of nitrogens with zero attached hydrogens (tertiary/aromatic N) is 1. The van der Waals surface area contributed by atoms with Crippen LogP contribution in [0.2, 0.25) is 0 Å². The van der Waals surface area contributed by atoms with Crippen LogP contribution >= 0.6 is 23.1 Å². The van der Waals surface area contributed by atoms with Crippen molar-refractivity contribution in [2.45, 2.75) is 4.34 Å². The zero-order chi connectivity index (χ0) is 15.5. The Morgan fingerprint density at radius 1 is 1.23 bits per heavy atom. The van der Waals surface area contributed by atoms with E-state index in [0.717, 1.165) is 26.7 Å². The van der Waals surface area contributed by atoms with Crippen LogP contribution in [-0.2, 0) is 4.79 Å². The van der Waals surface area contributed by atoms with E-state index in [1.165, 1.54) is 29.2 Å². The number of rotatable bonds is 4. The minimum absolute atomic E-state index is 0.0312. The van der Waals surface area contributed by atoms with Crippen LogP contribution in [0.25, 0.3) is 10.2 Å². The second kappa shape index (κ2) is 6.41. The van der Waals surface area contributed by atoms with Crippen molar-refractivity contribution in [1.82, 2.24) is 4.98 Å². The molecular formula is C15H10F2N2OS2. The van der Waals surface area contributed by atoms with Gasteiger partial charge in [-0.05, 0) is 24.3 Å². The summed E-state index contributed by atoms with van der Waals surface area (Å²) in [6.07, 6.45) is 0. The van der Waals surface area contributed by atoms with Crippen molar-refractivity contribution >= 4 is 44.9 Å². The Balaban J connectivity index is 1.62. The van der Waals surface area contributed by atoms with Crippen molar-refractivity contribution in [2.75, 3.05) is 11.1 Å². The number of anilines is 1. The van der Waals surface area contributed by atoms with Gasteiger partial charge in [0.25, 0.3) is 0 Å². The molecule has 0 saturated heterocycles. The molecule has 1 heterocycles. The standard InChI is InChI=1S/C15H10F2N2OS2/c16-9-5-6-11(10(17)7-9)18-14(20)8-21-15-19-12-3-1-2-4-13(12)22-15/h1-7H,8H2,(H,18,20). The summed E-state index contributed by atoms with van der Waals surface area (Å²) in [6, 6.07) is 10.7. The van der Waals surface area contributed by atoms with Crippen LogP contribution in [-0.4, -0.2) is 16.6 Å². The highest BCUT2D eigenvalue weighted by Crippen LogP contribution is 2.29. The molecule has 1 aromatic heterocycles. The molecular weight excluding hydrogens is 326 g/mol. The van der Waals surface area contributed by atoms with Gasteiger partial charge in [0.1, 0.15) is 11.6 Å². The molecule has 0 radical (unpaired) electrons. The molecule has 7 heteroatoms. The summed E-state index contributed by atoms with van der Waals surface area (Å²) < 4.78 is 28.1. The summed E-state index contributed by atoms with van der Waals surface area (Å²) in [5, 5.41) is 2.42. The van der Waals surface area contributed by atoms with Crippen molar-refractivity contribution in [3.8, 4) is 0 Å². The summed E-state index contributed by atoms with van der Waals surface area (Å²) in [7, 11) is 0. The number of thioether (sulfide) groups is 1. The first-order chi connectivity index (χ1) is 10.6. The number of aromatic nitrogens is 1. The average Bonchev–Trinajstić information content (AvgIpc) is 2.91. The van der Waals surface area contributed by atoms with Crippen molar-refractivity contribution < 1.29 is 13.6 Å². The van der Waals surface area contributed by atoms with Gasteiger partial charge in [-0.2, -0.15) is 0 Å². The number of amides is 1. The second-order valence-electron chi connectivity index (χ2n) is 4.41. The Morgan fingerprint density at radius 3 is 2.82 bits per heavy atom. The number of benzene rings is 2. The minimum atomic E-state index is -0.793. The third-order valence-corrected chi connectivity index (χ3v) is 4.99. The lowest BCUT2D eigenvalue weighted by atomic mass is 10.3.